The SMILES string of the molecule is CCCC1CCCC2(CC1)C[C@@H](O)c1cc(F)ccc1O2. The van der Waals surface area contributed by atoms with Crippen molar-refractivity contribution < 1.29 is 14.2 Å². The summed E-state index contributed by atoms with van der Waals surface area (Å²) in [6.45, 7) is 2.24. The lowest BCUT2D eigenvalue weighted by atomic mass is 9.83. The highest BCUT2D eigenvalue weighted by atomic mass is 19.1. The zero-order valence-corrected chi connectivity index (χ0v) is 12.8. The van der Waals surface area contributed by atoms with Gasteiger partial charge in [-0.05, 0) is 49.8 Å². The lowest BCUT2D eigenvalue weighted by molar-refractivity contribution is -0.0253. The molecule has 0 amide bonds. The Morgan fingerprint density at radius 1 is 1.33 bits per heavy atom. The summed E-state index contributed by atoms with van der Waals surface area (Å²) >= 11 is 0. The van der Waals surface area contributed by atoms with Crippen LogP contribution in [-0.2, 0) is 0 Å². The molecule has 0 saturated heterocycles. The van der Waals surface area contributed by atoms with Crippen molar-refractivity contribution in [1.29, 1.82) is 0 Å². The Kier molecular flexibility index (Phi) is 4.21. The molecule has 0 aromatic heterocycles. The number of rotatable bonds is 2. The Balaban J connectivity index is 1.79. The summed E-state index contributed by atoms with van der Waals surface area (Å²) in [5, 5.41) is 10.4. The molecular weight excluding hydrogens is 267 g/mol. The minimum atomic E-state index is -0.604. The van der Waals surface area contributed by atoms with Crippen LogP contribution in [0.1, 0.15) is 70.0 Å². The zero-order valence-electron chi connectivity index (χ0n) is 12.8. The molecule has 1 spiro atoms. The van der Waals surface area contributed by atoms with Gasteiger partial charge in [0.2, 0.25) is 0 Å². The number of aliphatic hydroxyl groups excluding tert-OH is 1. The average molecular weight is 292 g/mol. The molecular formula is C18H25FO2. The van der Waals surface area contributed by atoms with Crippen molar-refractivity contribution in [2.45, 2.75) is 70.0 Å². The van der Waals surface area contributed by atoms with E-state index in [0.29, 0.717) is 17.7 Å². The van der Waals surface area contributed by atoms with Crippen LogP contribution in [0.25, 0.3) is 0 Å². The first-order chi connectivity index (χ1) is 10.1. The minimum Gasteiger partial charge on any atom is -0.487 e. The molecule has 1 aromatic carbocycles. The van der Waals surface area contributed by atoms with Crippen LogP contribution in [-0.4, -0.2) is 10.7 Å². The lowest BCUT2D eigenvalue weighted by Crippen LogP contribution is -2.40. The first-order valence-corrected chi connectivity index (χ1v) is 8.28. The molecule has 1 aliphatic heterocycles. The van der Waals surface area contributed by atoms with Gasteiger partial charge in [-0.25, -0.2) is 4.39 Å². The van der Waals surface area contributed by atoms with Gasteiger partial charge in [0.15, 0.2) is 0 Å². The predicted molar refractivity (Wildman–Crippen MR) is 80.8 cm³/mol. The van der Waals surface area contributed by atoms with Gasteiger partial charge in [-0.2, -0.15) is 0 Å². The molecule has 0 bridgehead atoms. The van der Waals surface area contributed by atoms with Gasteiger partial charge in [-0.15, -0.1) is 0 Å². The van der Waals surface area contributed by atoms with Crippen LogP contribution in [0.5, 0.6) is 5.75 Å². The van der Waals surface area contributed by atoms with E-state index < -0.39 is 6.10 Å². The number of benzene rings is 1. The summed E-state index contributed by atoms with van der Waals surface area (Å²) < 4.78 is 19.6. The molecule has 3 rings (SSSR count). The highest BCUT2D eigenvalue weighted by molar-refractivity contribution is 5.38. The maximum atomic E-state index is 13.3. The number of fused-ring (bicyclic) bond motifs is 1. The van der Waals surface area contributed by atoms with Crippen molar-refractivity contribution in [1.82, 2.24) is 0 Å². The van der Waals surface area contributed by atoms with E-state index in [9.17, 15) is 9.50 Å². The molecule has 116 valence electrons. The first kappa shape index (κ1) is 14.8. The van der Waals surface area contributed by atoms with Gasteiger partial charge < -0.3 is 9.84 Å². The zero-order chi connectivity index (χ0) is 14.9. The van der Waals surface area contributed by atoms with Gasteiger partial charge in [0.1, 0.15) is 17.2 Å². The molecule has 2 unspecified atom stereocenters. The molecule has 3 atom stereocenters. The Morgan fingerprint density at radius 2 is 2.19 bits per heavy atom. The third-order valence-corrected chi connectivity index (χ3v) is 5.17. The normalized spacial score (nSPS) is 32.3. The number of hydrogen-bond donors (Lipinski definition) is 1. The Hall–Kier alpha value is -1.09. The topological polar surface area (TPSA) is 29.5 Å². The highest BCUT2D eigenvalue weighted by Crippen LogP contribution is 2.46. The van der Waals surface area contributed by atoms with Crippen molar-refractivity contribution in [3.8, 4) is 5.75 Å². The van der Waals surface area contributed by atoms with Crippen LogP contribution >= 0.6 is 0 Å². The summed E-state index contributed by atoms with van der Waals surface area (Å²) in [5.41, 5.74) is 0.363. The second-order valence-electron chi connectivity index (χ2n) is 6.77. The van der Waals surface area contributed by atoms with E-state index in [4.69, 9.17) is 4.74 Å². The molecule has 0 radical (unpaired) electrons. The molecule has 1 heterocycles. The van der Waals surface area contributed by atoms with Crippen LogP contribution in [0.4, 0.5) is 4.39 Å². The van der Waals surface area contributed by atoms with Crippen LogP contribution in [0.15, 0.2) is 18.2 Å². The van der Waals surface area contributed by atoms with Crippen molar-refractivity contribution in [3.05, 3.63) is 29.6 Å². The quantitative estimate of drug-likeness (QED) is 0.851. The second kappa shape index (κ2) is 5.96. The van der Waals surface area contributed by atoms with Gasteiger partial charge in [0.05, 0.1) is 6.10 Å². The highest BCUT2D eigenvalue weighted by Gasteiger charge is 2.41. The Labute approximate surface area is 126 Å². The van der Waals surface area contributed by atoms with Crippen LogP contribution in [0.2, 0.25) is 0 Å². The third-order valence-electron chi connectivity index (χ3n) is 5.17. The van der Waals surface area contributed by atoms with E-state index in [-0.39, 0.29) is 11.4 Å². The van der Waals surface area contributed by atoms with E-state index in [1.165, 1.54) is 37.8 Å². The smallest absolute Gasteiger partial charge is 0.126 e. The fourth-order valence-electron chi connectivity index (χ4n) is 4.06. The van der Waals surface area contributed by atoms with Crippen LogP contribution in [0.3, 0.4) is 0 Å². The second-order valence-corrected chi connectivity index (χ2v) is 6.77. The van der Waals surface area contributed by atoms with E-state index in [1.807, 2.05) is 0 Å². The molecule has 21 heavy (non-hydrogen) atoms. The molecule has 1 fully saturated rings. The van der Waals surface area contributed by atoms with Gasteiger partial charge in [-0.1, -0.05) is 26.2 Å². The summed E-state index contributed by atoms with van der Waals surface area (Å²) in [7, 11) is 0. The first-order valence-electron chi connectivity index (χ1n) is 8.28. The van der Waals surface area contributed by atoms with Crippen LogP contribution < -0.4 is 4.74 Å². The van der Waals surface area contributed by atoms with Crippen molar-refractivity contribution in [3.63, 3.8) is 0 Å². The molecule has 2 nitrogen and oxygen atoms in total. The molecule has 1 aromatic rings. The van der Waals surface area contributed by atoms with Gasteiger partial charge in [-0.3, -0.25) is 0 Å². The maximum absolute atomic E-state index is 13.3. The van der Waals surface area contributed by atoms with Gasteiger partial charge >= 0.3 is 0 Å². The largest absolute Gasteiger partial charge is 0.487 e. The summed E-state index contributed by atoms with van der Waals surface area (Å²) in [6.07, 6.45) is 8.14. The summed E-state index contributed by atoms with van der Waals surface area (Å²) in [5.74, 6) is 1.16. The number of halogens is 1. The van der Waals surface area contributed by atoms with E-state index in [0.717, 1.165) is 25.2 Å². The third kappa shape index (κ3) is 3.08. The molecule has 1 N–H and O–H groups in total. The monoisotopic (exact) mass is 292 g/mol. The Morgan fingerprint density at radius 3 is 3.00 bits per heavy atom. The molecule has 3 heteroatoms. The van der Waals surface area contributed by atoms with Gasteiger partial charge in [0, 0.05) is 12.0 Å². The lowest BCUT2D eigenvalue weighted by Gasteiger charge is -2.40. The number of aliphatic hydroxyl groups is 1. The van der Waals surface area contributed by atoms with Gasteiger partial charge in [0.25, 0.3) is 0 Å². The van der Waals surface area contributed by atoms with E-state index in [2.05, 4.69) is 6.92 Å². The fourth-order valence-corrected chi connectivity index (χ4v) is 4.06. The molecule has 2 aliphatic rings. The maximum Gasteiger partial charge on any atom is 0.126 e. The van der Waals surface area contributed by atoms with Crippen molar-refractivity contribution in [2.24, 2.45) is 5.92 Å². The molecule has 1 aliphatic carbocycles. The van der Waals surface area contributed by atoms with E-state index >= 15 is 0 Å². The number of ether oxygens (including phenoxy) is 1. The molecule has 1 saturated carbocycles. The van der Waals surface area contributed by atoms with E-state index in [1.54, 1.807) is 6.07 Å². The standard InChI is InChI=1S/C18H25FO2/c1-2-4-13-5-3-9-18(10-8-13)12-16(20)15-11-14(19)6-7-17(15)21-18/h6-7,11,13,16,20H,2-5,8-10,12H2,1H3/t13?,16-,18?/m1/s1. The van der Waals surface area contributed by atoms with Crippen LogP contribution in [0, 0.1) is 11.7 Å². The predicted octanol–water partition coefficient (Wildman–Crippen LogP) is 4.76. The summed E-state index contributed by atoms with van der Waals surface area (Å²) in [6, 6.07) is 4.49. The average Bonchev–Trinajstić information content (AvgIpc) is 2.64. The fraction of sp³-hybridized carbons (Fsp3) is 0.667. The summed E-state index contributed by atoms with van der Waals surface area (Å²) in [4.78, 5) is 0. The van der Waals surface area contributed by atoms with Crippen molar-refractivity contribution in [2.75, 3.05) is 0 Å². The van der Waals surface area contributed by atoms with Crippen molar-refractivity contribution >= 4 is 0 Å². The Bertz CT molecular complexity index is 502. The minimum absolute atomic E-state index is 0.243. The number of hydrogen-bond acceptors (Lipinski definition) is 2.